The molecular formula is C12H13ClFN3S. The van der Waals surface area contributed by atoms with Crippen molar-refractivity contribution in [3.63, 3.8) is 0 Å². The van der Waals surface area contributed by atoms with Crippen molar-refractivity contribution in [2.24, 2.45) is 12.8 Å². The monoisotopic (exact) mass is 285 g/mol. The number of rotatable bonds is 4. The Labute approximate surface area is 114 Å². The Morgan fingerprint density at radius 3 is 2.67 bits per heavy atom. The van der Waals surface area contributed by atoms with E-state index in [1.165, 1.54) is 12.1 Å². The zero-order valence-electron chi connectivity index (χ0n) is 9.81. The van der Waals surface area contributed by atoms with Crippen molar-refractivity contribution in [1.29, 1.82) is 0 Å². The van der Waals surface area contributed by atoms with E-state index in [0.29, 0.717) is 10.8 Å². The van der Waals surface area contributed by atoms with E-state index in [4.69, 9.17) is 17.3 Å². The van der Waals surface area contributed by atoms with Crippen LogP contribution in [-0.4, -0.2) is 15.5 Å². The zero-order valence-corrected chi connectivity index (χ0v) is 11.4. The Morgan fingerprint density at radius 1 is 1.44 bits per heavy atom. The number of aryl methyl sites for hydroxylation is 1. The van der Waals surface area contributed by atoms with E-state index >= 15 is 0 Å². The maximum absolute atomic E-state index is 12.8. The molecule has 0 radical (unpaired) electrons. The first-order chi connectivity index (χ1) is 8.58. The van der Waals surface area contributed by atoms with Crippen LogP contribution in [0.3, 0.4) is 0 Å². The van der Waals surface area contributed by atoms with Crippen LogP contribution in [0.1, 0.15) is 11.7 Å². The summed E-state index contributed by atoms with van der Waals surface area (Å²) in [4.78, 5) is 0.977. The third-order valence-corrected chi connectivity index (χ3v) is 3.95. The predicted molar refractivity (Wildman–Crippen MR) is 72.3 cm³/mol. The number of nitrogens with zero attached hydrogens (tertiary/aromatic N) is 2. The van der Waals surface area contributed by atoms with Gasteiger partial charge in [-0.25, -0.2) is 4.39 Å². The second-order valence-corrected chi connectivity index (χ2v) is 5.37. The molecule has 0 aliphatic heterocycles. The number of aromatic nitrogens is 2. The summed E-state index contributed by atoms with van der Waals surface area (Å²) in [5.41, 5.74) is 6.89. The molecule has 6 heteroatoms. The molecule has 0 aliphatic carbocycles. The van der Waals surface area contributed by atoms with Gasteiger partial charge in [0.05, 0.1) is 23.0 Å². The van der Waals surface area contributed by atoms with Gasteiger partial charge in [-0.15, -0.1) is 11.8 Å². The normalized spacial score (nSPS) is 12.7. The van der Waals surface area contributed by atoms with Crippen molar-refractivity contribution < 1.29 is 4.39 Å². The molecule has 0 fully saturated rings. The van der Waals surface area contributed by atoms with Gasteiger partial charge in [0.2, 0.25) is 0 Å². The van der Waals surface area contributed by atoms with Crippen molar-refractivity contribution in [3.05, 3.63) is 47.0 Å². The SMILES string of the molecule is Cn1ncc(Cl)c1C(N)CSc1ccc(F)cc1. The van der Waals surface area contributed by atoms with Crippen LogP contribution < -0.4 is 5.73 Å². The fourth-order valence-electron chi connectivity index (χ4n) is 1.63. The van der Waals surface area contributed by atoms with Gasteiger partial charge in [0.25, 0.3) is 0 Å². The molecule has 0 saturated heterocycles. The molecule has 96 valence electrons. The smallest absolute Gasteiger partial charge is 0.123 e. The Bertz CT molecular complexity index is 507. The fraction of sp³-hybridized carbons (Fsp3) is 0.250. The van der Waals surface area contributed by atoms with Gasteiger partial charge in [0, 0.05) is 17.7 Å². The molecule has 1 heterocycles. The summed E-state index contributed by atoms with van der Waals surface area (Å²) < 4.78 is 14.4. The lowest BCUT2D eigenvalue weighted by atomic mass is 10.2. The Hall–Kier alpha value is -1.04. The van der Waals surface area contributed by atoms with Crippen LogP contribution in [-0.2, 0) is 7.05 Å². The highest BCUT2D eigenvalue weighted by molar-refractivity contribution is 7.99. The van der Waals surface area contributed by atoms with Gasteiger partial charge in [0.1, 0.15) is 5.82 Å². The Balaban J connectivity index is 2.00. The van der Waals surface area contributed by atoms with Crippen LogP contribution >= 0.6 is 23.4 Å². The number of nitrogens with two attached hydrogens (primary N) is 1. The van der Waals surface area contributed by atoms with Crippen molar-refractivity contribution in [3.8, 4) is 0 Å². The number of thioether (sulfide) groups is 1. The lowest BCUT2D eigenvalue weighted by Gasteiger charge is -2.12. The maximum Gasteiger partial charge on any atom is 0.123 e. The molecule has 1 aromatic heterocycles. The molecule has 0 amide bonds. The van der Waals surface area contributed by atoms with Gasteiger partial charge >= 0.3 is 0 Å². The second kappa shape index (κ2) is 5.73. The van der Waals surface area contributed by atoms with Gasteiger partial charge < -0.3 is 5.73 Å². The average Bonchev–Trinajstić information content (AvgIpc) is 2.68. The van der Waals surface area contributed by atoms with Gasteiger partial charge in [-0.05, 0) is 24.3 Å². The molecule has 2 aromatic rings. The minimum Gasteiger partial charge on any atom is -0.322 e. The summed E-state index contributed by atoms with van der Waals surface area (Å²) in [5.74, 6) is 0.420. The van der Waals surface area contributed by atoms with E-state index < -0.39 is 0 Å². The molecule has 0 spiro atoms. The quantitative estimate of drug-likeness (QED) is 0.878. The molecule has 0 bridgehead atoms. The van der Waals surface area contributed by atoms with E-state index in [2.05, 4.69) is 5.10 Å². The summed E-state index contributed by atoms with van der Waals surface area (Å²) in [5, 5.41) is 4.62. The first-order valence-corrected chi connectivity index (χ1v) is 6.75. The summed E-state index contributed by atoms with van der Waals surface area (Å²) in [7, 11) is 1.81. The molecule has 2 rings (SSSR count). The molecule has 0 saturated carbocycles. The van der Waals surface area contributed by atoms with Crippen LogP contribution in [0.15, 0.2) is 35.4 Å². The average molecular weight is 286 g/mol. The lowest BCUT2D eigenvalue weighted by Crippen LogP contribution is -2.17. The highest BCUT2D eigenvalue weighted by Crippen LogP contribution is 2.26. The number of halogens is 2. The van der Waals surface area contributed by atoms with Crippen LogP contribution in [0.2, 0.25) is 5.02 Å². The summed E-state index contributed by atoms with van der Waals surface area (Å²) in [6.45, 7) is 0. The zero-order chi connectivity index (χ0) is 13.1. The summed E-state index contributed by atoms with van der Waals surface area (Å²) >= 11 is 7.58. The third-order valence-electron chi connectivity index (χ3n) is 2.53. The summed E-state index contributed by atoms with van der Waals surface area (Å²) in [6, 6.07) is 6.13. The van der Waals surface area contributed by atoms with E-state index in [0.717, 1.165) is 10.6 Å². The van der Waals surface area contributed by atoms with Crippen LogP contribution in [0.5, 0.6) is 0 Å². The Morgan fingerprint density at radius 2 is 2.11 bits per heavy atom. The topological polar surface area (TPSA) is 43.8 Å². The fourth-order valence-corrected chi connectivity index (χ4v) is 2.80. The van der Waals surface area contributed by atoms with E-state index in [1.54, 1.807) is 34.8 Å². The molecule has 0 aliphatic rings. The minimum atomic E-state index is -0.238. The molecule has 1 unspecified atom stereocenters. The largest absolute Gasteiger partial charge is 0.322 e. The highest BCUT2D eigenvalue weighted by Gasteiger charge is 2.15. The molecule has 3 nitrogen and oxygen atoms in total. The van der Waals surface area contributed by atoms with Crippen molar-refractivity contribution in [2.75, 3.05) is 5.75 Å². The lowest BCUT2D eigenvalue weighted by molar-refractivity contribution is 0.626. The summed E-state index contributed by atoms with van der Waals surface area (Å²) in [6.07, 6.45) is 1.58. The number of hydrogen-bond donors (Lipinski definition) is 1. The molecule has 1 atom stereocenters. The molecular weight excluding hydrogens is 273 g/mol. The Kier molecular flexibility index (Phi) is 4.27. The first-order valence-electron chi connectivity index (χ1n) is 5.39. The van der Waals surface area contributed by atoms with E-state index in [-0.39, 0.29) is 11.9 Å². The number of benzene rings is 1. The predicted octanol–water partition coefficient (Wildman–Crippen LogP) is 3.00. The van der Waals surface area contributed by atoms with Crippen molar-refractivity contribution in [2.45, 2.75) is 10.9 Å². The van der Waals surface area contributed by atoms with Crippen LogP contribution in [0.4, 0.5) is 4.39 Å². The molecule has 18 heavy (non-hydrogen) atoms. The van der Waals surface area contributed by atoms with Gasteiger partial charge in [0.15, 0.2) is 0 Å². The van der Waals surface area contributed by atoms with Crippen LogP contribution in [0.25, 0.3) is 0 Å². The maximum atomic E-state index is 12.8. The molecule has 2 N–H and O–H groups in total. The molecule has 1 aromatic carbocycles. The standard InChI is InChI=1S/C12H13ClFN3S/c1-17-12(10(13)6-16-17)11(15)7-18-9-4-2-8(14)3-5-9/h2-6,11H,7,15H2,1H3. The minimum absolute atomic E-state index is 0.208. The van der Waals surface area contributed by atoms with Crippen molar-refractivity contribution >= 4 is 23.4 Å². The second-order valence-electron chi connectivity index (χ2n) is 3.87. The third kappa shape index (κ3) is 3.04. The van der Waals surface area contributed by atoms with E-state index in [1.807, 2.05) is 7.05 Å². The van der Waals surface area contributed by atoms with E-state index in [9.17, 15) is 4.39 Å². The van der Waals surface area contributed by atoms with Crippen molar-refractivity contribution in [1.82, 2.24) is 9.78 Å². The van der Waals surface area contributed by atoms with Crippen LogP contribution in [0, 0.1) is 5.82 Å². The highest BCUT2D eigenvalue weighted by atomic mass is 35.5. The van der Waals surface area contributed by atoms with Gasteiger partial charge in [-0.3, -0.25) is 4.68 Å². The first kappa shape index (κ1) is 13.4. The number of hydrogen-bond acceptors (Lipinski definition) is 3. The van der Waals surface area contributed by atoms with Gasteiger partial charge in [-0.2, -0.15) is 5.10 Å². The van der Waals surface area contributed by atoms with Gasteiger partial charge in [-0.1, -0.05) is 11.6 Å².